The minimum atomic E-state index is 0.209. The number of nitrogens with zero attached hydrogens (tertiary/aromatic N) is 2. The minimum absolute atomic E-state index is 0.209. The maximum atomic E-state index is 9.28. The normalized spacial score (nSPS) is 22.4. The van der Waals surface area contributed by atoms with Crippen LogP contribution in [0.5, 0.6) is 0 Å². The Morgan fingerprint density at radius 1 is 1.31 bits per heavy atom. The molecule has 1 aromatic rings. The van der Waals surface area contributed by atoms with Gasteiger partial charge in [0.05, 0.1) is 12.6 Å². The first-order valence-corrected chi connectivity index (χ1v) is 5.90. The lowest BCUT2D eigenvalue weighted by atomic mass is 10.1. The average Bonchev–Trinajstić information content (AvgIpc) is 2.31. The molecule has 1 aliphatic rings. The van der Waals surface area contributed by atoms with Gasteiger partial charge in [-0.2, -0.15) is 0 Å². The van der Waals surface area contributed by atoms with Crippen LogP contribution in [0.15, 0.2) is 24.3 Å². The third kappa shape index (κ3) is 2.48. The lowest BCUT2D eigenvalue weighted by molar-refractivity contribution is 0.135. The molecule has 1 aliphatic heterocycles. The molecule has 1 saturated heterocycles. The summed E-state index contributed by atoms with van der Waals surface area (Å²) in [6, 6.07) is 8.10. The van der Waals surface area contributed by atoms with E-state index in [0.29, 0.717) is 0 Å². The van der Waals surface area contributed by atoms with Crippen molar-refractivity contribution in [3.05, 3.63) is 29.3 Å². The maximum Gasteiger partial charge on any atom is 0.0604 e. The Bertz CT molecular complexity index is 341. The van der Waals surface area contributed by atoms with Crippen LogP contribution in [0.3, 0.4) is 0 Å². The third-order valence-corrected chi connectivity index (χ3v) is 3.43. The van der Waals surface area contributed by atoms with Gasteiger partial charge < -0.3 is 10.0 Å². The van der Waals surface area contributed by atoms with Crippen molar-refractivity contribution in [1.82, 2.24) is 4.90 Å². The summed E-state index contributed by atoms with van der Waals surface area (Å²) < 4.78 is 0. The van der Waals surface area contributed by atoms with E-state index < -0.39 is 0 Å². The van der Waals surface area contributed by atoms with Gasteiger partial charge in [-0.05, 0) is 31.3 Å². The van der Waals surface area contributed by atoms with Crippen LogP contribution in [0.1, 0.15) is 0 Å². The van der Waals surface area contributed by atoms with Crippen molar-refractivity contribution in [3.63, 3.8) is 0 Å². The zero-order chi connectivity index (χ0) is 11.5. The number of piperazine rings is 1. The van der Waals surface area contributed by atoms with Gasteiger partial charge in [-0.3, -0.25) is 4.90 Å². The van der Waals surface area contributed by atoms with Crippen molar-refractivity contribution < 1.29 is 5.11 Å². The lowest BCUT2D eigenvalue weighted by Crippen LogP contribution is -2.53. The fourth-order valence-electron chi connectivity index (χ4n) is 2.03. The quantitative estimate of drug-likeness (QED) is 0.848. The summed E-state index contributed by atoms with van der Waals surface area (Å²) in [6.07, 6.45) is 0. The van der Waals surface area contributed by atoms with Crippen LogP contribution in [-0.4, -0.2) is 49.3 Å². The Kier molecular flexibility index (Phi) is 3.69. The van der Waals surface area contributed by atoms with Crippen LogP contribution in [0.4, 0.5) is 5.69 Å². The van der Waals surface area contributed by atoms with Crippen molar-refractivity contribution >= 4 is 17.3 Å². The van der Waals surface area contributed by atoms with Gasteiger partial charge in [-0.25, -0.2) is 0 Å². The number of likely N-dealkylation sites (N-methyl/N-ethyl adjacent to an activating group) is 1. The van der Waals surface area contributed by atoms with Crippen LogP contribution < -0.4 is 4.90 Å². The van der Waals surface area contributed by atoms with Gasteiger partial charge in [0, 0.05) is 30.3 Å². The second-order valence-corrected chi connectivity index (χ2v) is 4.68. The highest BCUT2D eigenvalue weighted by molar-refractivity contribution is 6.30. The SMILES string of the molecule is CN1CCN(c2ccc(Cl)cc2)CC1CO. The number of anilines is 1. The highest BCUT2D eigenvalue weighted by Gasteiger charge is 2.23. The Balaban J connectivity index is 2.08. The van der Waals surface area contributed by atoms with Crippen molar-refractivity contribution in [2.24, 2.45) is 0 Å². The first-order chi connectivity index (χ1) is 7.70. The fraction of sp³-hybridized carbons (Fsp3) is 0.500. The van der Waals surface area contributed by atoms with Crippen molar-refractivity contribution in [2.75, 3.05) is 38.2 Å². The van der Waals surface area contributed by atoms with E-state index in [1.54, 1.807) is 0 Å². The number of hydrogen-bond acceptors (Lipinski definition) is 3. The molecule has 2 rings (SSSR count). The summed E-state index contributed by atoms with van der Waals surface area (Å²) in [6.45, 7) is 3.05. The molecule has 0 saturated carbocycles. The van der Waals surface area contributed by atoms with E-state index in [9.17, 15) is 5.11 Å². The molecule has 1 aromatic carbocycles. The van der Waals surface area contributed by atoms with E-state index in [1.165, 1.54) is 5.69 Å². The van der Waals surface area contributed by atoms with Crippen LogP contribution >= 0.6 is 11.6 Å². The number of hydrogen-bond donors (Lipinski definition) is 1. The Morgan fingerprint density at radius 3 is 2.62 bits per heavy atom. The molecule has 0 radical (unpaired) electrons. The predicted molar refractivity (Wildman–Crippen MR) is 67.2 cm³/mol. The molecule has 0 amide bonds. The average molecular weight is 241 g/mol. The standard InChI is InChI=1S/C12H17ClN2O/c1-14-6-7-15(8-12(14)9-16)11-4-2-10(13)3-5-11/h2-5,12,16H,6-9H2,1H3. The third-order valence-electron chi connectivity index (χ3n) is 3.18. The summed E-state index contributed by atoms with van der Waals surface area (Å²) in [5, 5.41) is 10.0. The Labute approximate surface area is 101 Å². The van der Waals surface area contributed by atoms with Crippen molar-refractivity contribution in [2.45, 2.75) is 6.04 Å². The van der Waals surface area contributed by atoms with Gasteiger partial charge in [0.25, 0.3) is 0 Å². The van der Waals surface area contributed by atoms with E-state index >= 15 is 0 Å². The van der Waals surface area contributed by atoms with Crippen molar-refractivity contribution in [1.29, 1.82) is 0 Å². The van der Waals surface area contributed by atoms with Gasteiger partial charge in [0.15, 0.2) is 0 Å². The summed E-state index contributed by atoms with van der Waals surface area (Å²) in [5.41, 5.74) is 1.18. The first kappa shape index (κ1) is 11.7. The summed E-state index contributed by atoms with van der Waals surface area (Å²) in [4.78, 5) is 4.49. The van der Waals surface area contributed by atoms with Gasteiger partial charge in [0.2, 0.25) is 0 Å². The van der Waals surface area contributed by atoms with Gasteiger partial charge in [0.1, 0.15) is 0 Å². The molecule has 88 valence electrons. The molecule has 0 aliphatic carbocycles. The minimum Gasteiger partial charge on any atom is -0.395 e. The van der Waals surface area contributed by atoms with E-state index in [4.69, 9.17) is 11.6 Å². The van der Waals surface area contributed by atoms with E-state index in [1.807, 2.05) is 24.3 Å². The molecule has 0 spiro atoms. The van der Waals surface area contributed by atoms with Crippen LogP contribution in [0.2, 0.25) is 5.02 Å². The zero-order valence-electron chi connectivity index (χ0n) is 9.43. The second-order valence-electron chi connectivity index (χ2n) is 4.24. The number of halogens is 1. The number of aliphatic hydroxyl groups is 1. The Morgan fingerprint density at radius 2 is 2.00 bits per heavy atom. The topological polar surface area (TPSA) is 26.7 Å². The molecule has 3 nitrogen and oxygen atoms in total. The van der Waals surface area contributed by atoms with Gasteiger partial charge >= 0.3 is 0 Å². The molecule has 1 unspecified atom stereocenters. The van der Waals surface area contributed by atoms with Crippen LogP contribution in [-0.2, 0) is 0 Å². The zero-order valence-corrected chi connectivity index (χ0v) is 10.2. The van der Waals surface area contributed by atoms with Crippen LogP contribution in [0, 0.1) is 0 Å². The van der Waals surface area contributed by atoms with E-state index in [-0.39, 0.29) is 12.6 Å². The molecule has 1 atom stereocenters. The Hall–Kier alpha value is -0.770. The number of aliphatic hydroxyl groups excluding tert-OH is 1. The van der Waals surface area contributed by atoms with Crippen LogP contribution in [0.25, 0.3) is 0 Å². The molecule has 0 bridgehead atoms. The smallest absolute Gasteiger partial charge is 0.0604 e. The summed E-state index contributed by atoms with van der Waals surface area (Å²) in [7, 11) is 2.06. The number of rotatable bonds is 2. The molecular weight excluding hydrogens is 224 g/mol. The molecular formula is C12H17ClN2O. The highest BCUT2D eigenvalue weighted by Crippen LogP contribution is 2.20. The molecule has 1 fully saturated rings. The monoisotopic (exact) mass is 240 g/mol. The van der Waals surface area contributed by atoms with Gasteiger partial charge in [-0.15, -0.1) is 0 Å². The molecule has 0 aromatic heterocycles. The fourth-order valence-corrected chi connectivity index (χ4v) is 2.16. The highest BCUT2D eigenvalue weighted by atomic mass is 35.5. The molecule has 1 N–H and O–H groups in total. The molecule has 4 heteroatoms. The molecule has 1 heterocycles. The first-order valence-electron chi connectivity index (χ1n) is 5.52. The largest absolute Gasteiger partial charge is 0.395 e. The van der Waals surface area contributed by atoms with E-state index in [0.717, 1.165) is 24.7 Å². The summed E-state index contributed by atoms with van der Waals surface area (Å²) in [5.74, 6) is 0. The molecule has 16 heavy (non-hydrogen) atoms. The number of benzene rings is 1. The summed E-state index contributed by atoms with van der Waals surface area (Å²) >= 11 is 5.86. The maximum absolute atomic E-state index is 9.28. The lowest BCUT2D eigenvalue weighted by Gasteiger charge is -2.39. The van der Waals surface area contributed by atoms with Gasteiger partial charge in [-0.1, -0.05) is 11.6 Å². The van der Waals surface area contributed by atoms with E-state index in [2.05, 4.69) is 16.8 Å². The second kappa shape index (κ2) is 5.04. The predicted octanol–water partition coefficient (Wildman–Crippen LogP) is 1.45. The van der Waals surface area contributed by atoms with Crippen molar-refractivity contribution in [3.8, 4) is 0 Å².